The number of aromatic nitrogens is 1. The van der Waals surface area contributed by atoms with Gasteiger partial charge in [0.2, 0.25) is 0 Å². The Morgan fingerprint density at radius 1 is 1.39 bits per heavy atom. The second-order valence-corrected chi connectivity index (χ2v) is 4.63. The summed E-state index contributed by atoms with van der Waals surface area (Å²) in [6.07, 6.45) is 5.42. The summed E-state index contributed by atoms with van der Waals surface area (Å²) in [5, 5.41) is 2.87. The number of rotatable bonds is 4. The first-order valence-corrected chi connectivity index (χ1v) is 6.48. The summed E-state index contributed by atoms with van der Waals surface area (Å²) >= 11 is 0. The maximum Gasteiger partial charge on any atom is 0.269 e. The molecule has 3 N–H and O–H groups in total. The molecule has 1 aromatic heterocycles. The predicted molar refractivity (Wildman–Crippen MR) is 71.3 cm³/mol. The fourth-order valence-electron chi connectivity index (χ4n) is 2.17. The first-order chi connectivity index (χ1) is 8.75. The third kappa shape index (κ3) is 3.70. The van der Waals surface area contributed by atoms with Gasteiger partial charge in [0, 0.05) is 25.0 Å². The summed E-state index contributed by atoms with van der Waals surface area (Å²) in [7, 11) is 0. The fraction of sp³-hybridized carbons (Fsp3) is 0.538. The number of nitrogen functional groups attached to an aromatic ring is 1. The van der Waals surface area contributed by atoms with Gasteiger partial charge in [-0.05, 0) is 38.1 Å². The van der Waals surface area contributed by atoms with Crippen LogP contribution >= 0.6 is 0 Å². The summed E-state index contributed by atoms with van der Waals surface area (Å²) < 4.78 is 0. The van der Waals surface area contributed by atoms with E-state index in [0.29, 0.717) is 17.9 Å². The standard InChI is InChI=1S/C13H20N4O/c14-11-4-5-15-12(10-11)13(18)16-6-9-17-7-2-1-3-8-17/h4-5,10H,1-3,6-9H2,(H2,14,15)(H,16,18). The van der Waals surface area contributed by atoms with E-state index in [0.717, 1.165) is 19.6 Å². The highest BCUT2D eigenvalue weighted by molar-refractivity contribution is 5.92. The molecule has 1 amide bonds. The molecule has 0 saturated carbocycles. The second kappa shape index (κ2) is 6.35. The lowest BCUT2D eigenvalue weighted by Crippen LogP contribution is -2.37. The van der Waals surface area contributed by atoms with E-state index in [9.17, 15) is 4.79 Å². The summed E-state index contributed by atoms with van der Waals surface area (Å²) in [5.74, 6) is -0.153. The summed E-state index contributed by atoms with van der Waals surface area (Å²) in [4.78, 5) is 18.2. The number of nitrogens with zero attached hydrogens (tertiary/aromatic N) is 2. The van der Waals surface area contributed by atoms with Crippen molar-refractivity contribution in [1.82, 2.24) is 15.2 Å². The smallest absolute Gasteiger partial charge is 0.269 e. The number of hydrogen-bond acceptors (Lipinski definition) is 4. The van der Waals surface area contributed by atoms with Gasteiger partial charge in [-0.15, -0.1) is 0 Å². The first kappa shape index (κ1) is 12.8. The highest BCUT2D eigenvalue weighted by Gasteiger charge is 2.11. The third-order valence-corrected chi connectivity index (χ3v) is 3.18. The Morgan fingerprint density at radius 3 is 2.89 bits per heavy atom. The zero-order chi connectivity index (χ0) is 12.8. The molecule has 1 fully saturated rings. The number of anilines is 1. The Labute approximate surface area is 107 Å². The van der Waals surface area contributed by atoms with Crippen LogP contribution in [0.2, 0.25) is 0 Å². The quantitative estimate of drug-likeness (QED) is 0.829. The zero-order valence-electron chi connectivity index (χ0n) is 10.6. The summed E-state index contributed by atoms with van der Waals surface area (Å²) in [6, 6.07) is 3.26. The number of amides is 1. The molecular weight excluding hydrogens is 228 g/mol. The topological polar surface area (TPSA) is 71.2 Å². The maximum atomic E-state index is 11.8. The number of carbonyl (C=O) groups excluding carboxylic acids is 1. The molecule has 0 unspecified atom stereocenters. The number of hydrogen-bond donors (Lipinski definition) is 2. The van der Waals surface area contributed by atoms with Gasteiger partial charge in [0.25, 0.3) is 5.91 Å². The molecule has 5 nitrogen and oxygen atoms in total. The Morgan fingerprint density at radius 2 is 2.17 bits per heavy atom. The van der Waals surface area contributed by atoms with Gasteiger partial charge >= 0.3 is 0 Å². The van der Waals surface area contributed by atoms with E-state index in [-0.39, 0.29) is 5.91 Å². The predicted octanol–water partition coefficient (Wildman–Crippen LogP) is 0.879. The van der Waals surface area contributed by atoms with E-state index in [4.69, 9.17) is 5.73 Å². The number of nitrogens with one attached hydrogen (secondary N) is 1. The SMILES string of the molecule is Nc1ccnc(C(=O)NCCN2CCCCC2)c1. The van der Waals surface area contributed by atoms with Gasteiger partial charge in [0.05, 0.1) is 0 Å². The van der Waals surface area contributed by atoms with E-state index < -0.39 is 0 Å². The van der Waals surface area contributed by atoms with Crippen LogP contribution in [0.3, 0.4) is 0 Å². The fourth-order valence-corrected chi connectivity index (χ4v) is 2.17. The molecule has 0 bridgehead atoms. The third-order valence-electron chi connectivity index (χ3n) is 3.18. The number of pyridine rings is 1. The Bertz CT molecular complexity index is 402. The van der Waals surface area contributed by atoms with E-state index in [1.54, 1.807) is 18.3 Å². The molecule has 1 aromatic rings. The van der Waals surface area contributed by atoms with Crippen LogP contribution in [0.15, 0.2) is 18.3 Å². The van der Waals surface area contributed by atoms with Gasteiger partial charge < -0.3 is 16.0 Å². The van der Waals surface area contributed by atoms with Crippen LogP contribution in [0, 0.1) is 0 Å². The summed E-state index contributed by atoms with van der Waals surface area (Å²) in [6.45, 7) is 3.86. The van der Waals surface area contributed by atoms with Gasteiger partial charge in [-0.3, -0.25) is 9.78 Å². The van der Waals surface area contributed by atoms with Crippen molar-refractivity contribution in [3.05, 3.63) is 24.0 Å². The van der Waals surface area contributed by atoms with Gasteiger partial charge in [-0.1, -0.05) is 6.42 Å². The normalized spacial score (nSPS) is 16.4. The lowest BCUT2D eigenvalue weighted by Gasteiger charge is -2.26. The molecule has 0 radical (unpaired) electrons. The van der Waals surface area contributed by atoms with Crippen LogP contribution in [-0.2, 0) is 0 Å². The molecule has 2 heterocycles. The van der Waals surface area contributed by atoms with Crippen molar-refractivity contribution in [3.63, 3.8) is 0 Å². The van der Waals surface area contributed by atoms with E-state index in [2.05, 4.69) is 15.2 Å². The van der Waals surface area contributed by atoms with Crippen molar-refractivity contribution in [2.45, 2.75) is 19.3 Å². The van der Waals surface area contributed by atoms with E-state index in [1.165, 1.54) is 19.3 Å². The largest absolute Gasteiger partial charge is 0.399 e. The molecule has 0 spiro atoms. The average Bonchev–Trinajstić information content (AvgIpc) is 2.40. The minimum Gasteiger partial charge on any atom is -0.399 e. The molecule has 1 aliphatic rings. The minimum absolute atomic E-state index is 0.153. The molecule has 2 rings (SSSR count). The molecule has 1 aliphatic heterocycles. The lowest BCUT2D eigenvalue weighted by atomic mass is 10.1. The Kier molecular flexibility index (Phi) is 4.52. The highest BCUT2D eigenvalue weighted by Crippen LogP contribution is 2.07. The van der Waals surface area contributed by atoms with Crippen LogP contribution in [0.25, 0.3) is 0 Å². The molecule has 18 heavy (non-hydrogen) atoms. The lowest BCUT2D eigenvalue weighted by molar-refractivity contribution is 0.0941. The maximum absolute atomic E-state index is 11.8. The zero-order valence-corrected chi connectivity index (χ0v) is 10.6. The van der Waals surface area contributed by atoms with Crippen LogP contribution in [0.4, 0.5) is 5.69 Å². The first-order valence-electron chi connectivity index (χ1n) is 6.48. The minimum atomic E-state index is -0.153. The summed E-state index contributed by atoms with van der Waals surface area (Å²) in [5.41, 5.74) is 6.56. The van der Waals surface area contributed by atoms with Crippen LogP contribution in [0.1, 0.15) is 29.8 Å². The van der Waals surface area contributed by atoms with Crippen LogP contribution in [-0.4, -0.2) is 42.0 Å². The molecule has 1 saturated heterocycles. The number of likely N-dealkylation sites (tertiary alicyclic amines) is 1. The van der Waals surface area contributed by atoms with E-state index >= 15 is 0 Å². The number of nitrogens with two attached hydrogens (primary N) is 1. The van der Waals surface area contributed by atoms with Crippen molar-refractivity contribution in [2.75, 3.05) is 31.9 Å². The van der Waals surface area contributed by atoms with Gasteiger partial charge in [0.1, 0.15) is 5.69 Å². The van der Waals surface area contributed by atoms with E-state index in [1.807, 2.05) is 0 Å². The molecule has 0 aromatic carbocycles. The molecule has 0 aliphatic carbocycles. The molecule has 0 atom stereocenters. The Balaban J connectivity index is 1.74. The number of piperidine rings is 1. The second-order valence-electron chi connectivity index (χ2n) is 4.63. The highest BCUT2D eigenvalue weighted by atomic mass is 16.1. The van der Waals surface area contributed by atoms with Gasteiger partial charge in [-0.25, -0.2) is 0 Å². The monoisotopic (exact) mass is 248 g/mol. The van der Waals surface area contributed by atoms with Crippen molar-refractivity contribution in [3.8, 4) is 0 Å². The van der Waals surface area contributed by atoms with Gasteiger partial charge in [-0.2, -0.15) is 0 Å². The van der Waals surface area contributed by atoms with Crippen molar-refractivity contribution in [1.29, 1.82) is 0 Å². The van der Waals surface area contributed by atoms with Gasteiger partial charge in [0.15, 0.2) is 0 Å². The van der Waals surface area contributed by atoms with Crippen LogP contribution < -0.4 is 11.1 Å². The van der Waals surface area contributed by atoms with Crippen molar-refractivity contribution >= 4 is 11.6 Å². The Hall–Kier alpha value is -1.62. The van der Waals surface area contributed by atoms with Crippen molar-refractivity contribution in [2.24, 2.45) is 0 Å². The van der Waals surface area contributed by atoms with Crippen LogP contribution in [0.5, 0.6) is 0 Å². The van der Waals surface area contributed by atoms with Crippen molar-refractivity contribution < 1.29 is 4.79 Å². The number of carbonyl (C=O) groups is 1. The average molecular weight is 248 g/mol. The molecular formula is C13H20N4O. The molecule has 5 heteroatoms. The molecule has 98 valence electrons.